The summed E-state index contributed by atoms with van der Waals surface area (Å²) in [6.07, 6.45) is -4.61. The second-order valence-corrected chi connectivity index (χ2v) is 6.84. The summed E-state index contributed by atoms with van der Waals surface area (Å²) in [7, 11) is -4.18. The highest BCUT2D eigenvalue weighted by Crippen LogP contribution is 2.34. The van der Waals surface area contributed by atoms with Crippen LogP contribution < -0.4 is 4.89 Å². The molecule has 0 heterocycles. The van der Waals surface area contributed by atoms with Gasteiger partial charge in [-0.2, -0.15) is 13.2 Å². The Morgan fingerprint density at radius 3 is 2.15 bits per heavy atom. The summed E-state index contributed by atoms with van der Waals surface area (Å²) in [5, 5.41) is 0. The van der Waals surface area contributed by atoms with Crippen LogP contribution in [-0.2, 0) is 21.0 Å². The van der Waals surface area contributed by atoms with E-state index in [1.54, 1.807) is 20.8 Å². The number of benzene rings is 1. The highest BCUT2D eigenvalue weighted by atomic mass is 32.2. The van der Waals surface area contributed by atoms with Crippen LogP contribution in [0.2, 0.25) is 0 Å². The lowest BCUT2D eigenvalue weighted by Crippen LogP contribution is -2.34. The minimum atomic E-state index is -4.61. The molecule has 0 aliphatic carbocycles. The van der Waals surface area contributed by atoms with Gasteiger partial charge >= 0.3 is 6.18 Å². The molecule has 4 nitrogen and oxygen atoms in total. The number of rotatable bonds is 3. The Morgan fingerprint density at radius 2 is 1.70 bits per heavy atom. The number of alkyl halides is 3. The van der Waals surface area contributed by atoms with E-state index in [0.717, 1.165) is 25.1 Å². The van der Waals surface area contributed by atoms with Gasteiger partial charge in [-0.15, -0.1) is 0 Å². The van der Waals surface area contributed by atoms with E-state index in [4.69, 9.17) is 4.84 Å². The smallest absolute Gasteiger partial charge is 0.281 e. The third-order valence-electron chi connectivity index (χ3n) is 2.34. The van der Waals surface area contributed by atoms with Gasteiger partial charge in [0.05, 0.1) is 16.1 Å². The second kappa shape index (κ2) is 5.34. The van der Waals surface area contributed by atoms with Gasteiger partial charge in [-0.1, -0.05) is 11.0 Å². The first-order valence-electron chi connectivity index (χ1n) is 5.71. The van der Waals surface area contributed by atoms with Crippen LogP contribution in [0, 0.1) is 6.92 Å². The van der Waals surface area contributed by atoms with Gasteiger partial charge in [0.2, 0.25) is 0 Å². The molecule has 1 aromatic carbocycles. The van der Waals surface area contributed by atoms with Gasteiger partial charge in [-0.25, -0.2) is 8.42 Å². The molecule has 0 radical (unpaired) electrons. The van der Waals surface area contributed by atoms with Crippen LogP contribution in [0.1, 0.15) is 31.9 Å². The van der Waals surface area contributed by atoms with Crippen LogP contribution in [0.4, 0.5) is 13.2 Å². The van der Waals surface area contributed by atoms with Crippen molar-refractivity contribution in [3.05, 3.63) is 29.3 Å². The Morgan fingerprint density at radius 1 is 1.15 bits per heavy atom. The van der Waals surface area contributed by atoms with Crippen molar-refractivity contribution in [2.75, 3.05) is 0 Å². The van der Waals surface area contributed by atoms with E-state index < -0.39 is 32.3 Å². The Bertz CT molecular complexity index is 589. The summed E-state index contributed by atoms with van der Waals surface area (Å²) in [5.74, 6) is 0. The standard InChI is InChI=1S/C12H16F3NO3S/c1-8-9(12(13,14)15)6-5-7-10(8)20(17,18)16-19-11(2,3)4/h5-7,16H,1-4H3. The van der Waals surface area contributed by atoms with Crippen LogP contribution in [-0.4, -0.2) is 14.0 Å². The molecule has 0 saturated carbocycles. The monoisotopic (exact) mass is 311 g/mol. The van der Waals surface area contributed by atoms with E-state index in [1.807, 2.05) is 4.89 Å². The van der Waals surface area contributed by atoms with Crippen molar-refractivity contribution in [1.29, 1.82) is 0 Å². The predicted molar refractivity (Wildman–Crippen MR) is 67.3 cm³/mol. The minimum absolute atomic E-state index is 0.370. The zero-order valence-electron chi connectivity index (χ0n) is 11.5. The second-order valence-electron chi connectivity index (χ2n) is 5.23. The van der Waals surface area contributed by atoms with E-state index in [-0.39, 0.29) is 5.56 Å². The van der Waals surface area contributed by atoms with Gasteiger partial charge in [0, 0.05) is 0 Å². The third-order valence-corrected chi connectivity index (χ3v) is 3.66. The number of nitrogens with one attached hydrogen (secondary N) is 1. The van der Waals surface area contributed by atoms with Crippen molar-refractivity contribution in [3.63, 3.8) is 0 Å². The third kappa shape index (κ3) is 4.19. The number of halogens is 3. The zero-order chi connectivity index (χ0) is 15.8. The summed E-state index contributed by atoms with van der Waals surface area (Å²) in [6.45, 7) is 5.92. The number of hydrogen-bond donors (Lipinski definition) is 1. The van der Waals surface area contributed by atoms with E-state index >= 15 is 0 Å². The van der Waals surface area contributed by atoms with Gasteiger partial charge in [0.1, 0.15) is 0 Å². The fourth-order valence-electron chi connectivity index (χ4n) is 1.44. The molecule has 0 amide bonds. The van der Waals surface area contributed by atoms with Gasteiger partial charge in [0.15, 0.2) is 0 Å². The van der Waals surface area contributed by atoms with Crippen molar-refractivity contribution in [1.82, 2.24) is 4.89 Å². The topological polar surface area (TPSA) is 55.4 Å². The molecule has 0 spiro atoms. The van der Waals surface area contributed by atoms with Crippen LogP contribution in [0.3, 0.4) is 0 Å². The van der Waals surface area contributed by atoms with Crippen LogP contribution in [0.15, 0.2) is 23.1 Å². The maximum atomic E-state index is 12.7. The molecule has 20 heavy (non-hydrogen) atoms. The fourth-order valence-corrected chi connectivity index (χ4v) is 2.66. The molecule has 114 valence electrons. The quantitative estimate of drug-likeness (QED) is 0.873. The first-order valence-corrected chi connectivity index (χ1v) is 7.19. The fraction of sp³-hybridized carbons (Fsp3) is 0.500. The molecule has 8 heteroatoms. The largest absolute Gasteiger partial charge is 0.416 e. The maximum absolute atomic E-state index is 12.7. The maximum Gasteiger partial charge on any atom is 0.416 e. The zero-order valence-corrected chi connectivity index (χ0v) is 12.3. The van der Waals surface area contributed by atoms with Gasteiger partial charge in [0.25, 0.3) is 10.0 Å². The van der Waals surface area contributed by atoms with Crippen molar-refractivity contribution >= 4 is 10.0 Å². The van der Waals surface area contributed by atoms with Crippen molar-refractivity contribution < 1.29 is 26.4 Å². The average molecular weight is 311 g/mol. The predicted octanol–water partition coefficient (Wildman–Crippen LogP) is 3.02. The molecule has 0 fully saturated rings. The summed E-state index contributed by atoms with van der Waals surface area (Å²) in [6, 6.07) is 2.97. The first kappa shape index (κ1) is 16.9. The molecule has 0 aliphatic heterocycles. The Labute approximate surface area is 115 Å². The SMILES string of the molecule is Cc1c(C(F)(F)F)cccc1S(=O)(=O)NOC(C)(C)C. The van der Waals surface area contributed by atoms with Crippen LogP contribution in [0.5, 0.6) is 0 Å². The van der Waals surface area contributed by atoms with E-state index in [2.05, 4.69) is 0 Å². The van der Waals surface area contributed by atoms with E-state index in [1.165, 1.54) is 0 Å². The molecular weight excluding hydrogens is 295 g/mol. The van der Waals surface area contributed by atoms with Crippen molar-refractivity contribution in [2.45, 2.75) is 44.4 Å². The summed E-state index contributed by atoms with van der Waals surface area (Å²) in [5.41, 5.74) is -2.16. The lowest BCUT2D eigenvalue weighted by atomic mass is 10.1. The molecule has 1 rings (SSSR count). The highest BCUT2D eigenvalue weighted by molar-refractivity contribution is 7.89. The van der Waals surface area contributed by atoms with Gasteiger partial charge in [-0.3, -0.25) is 4.84 Å². The minimum Gasteiger partial charge on any atom is -0.281 e. The van der Waals surface area contributed by atoms with E-state index in [9.17, 15) is 21.6 Å². The van der Waals surface area contributed by atoms with Crippen molar-refractivity contribution in [2.24, 2.45) is 0 Å². The molecule has 0 aliphatic rings. The molecule has 1 aromatic rings. The highest BCUT2D eigenvalue weighted by Gasteiger charge is 2.34. The molecule has 1 N–H and O–H groups in total. The Balaban J connectivity index is 3.21. The lowest BCUT2D eigenvalue weighted by molar-refractivity contribution is -0.138. The van der Waals surface area contributed by atoms with Gasteiger partial charge < -0.3 is 0 Å². The normalized spacial score (nSPS) is 13.6. The Hall–Kier alpha value is -1.12. The molecule has 0 saturated heterocycles. The van der Waals surface area contributed by atoms with Crippen LogP contribution in [0.25, 0.3) is 0 Å². The molecule has 0 atom stereocenters. The van der Waals surface area contributed by atoms with E-state index in [0.29, 0.717) is 0 Å². The van der Waals surface area contributed by atoms with Crippen molar-refractivity contribution in [3.8, 4) is 0 Å². The molecular formula is C12H16F3NO3S. The molecule has 0 bridgehead atoms. The first-order chi connectivity index (χ1) is 8.84. The van der Waals surface area contributed by atoms with Crippen LogP contribution >= 0.6 is 0 Å². The average Bonchev–Trinajstić information content (AvgIpc) is 2.24. The molecule has 0 aromatic heterocycles. The lowest BCUT2D eigenvalue weighted by Gasteiger charge is -2.20. The van der Waals surface area contributed by atoms with Gasteiger partial charge in [-0.05, 0) is 45.4 Å². The summed E-state index contributed by atoms with van der Waals surface area (Å²) < 4.78 is 62.2. The molecule has 0 unspecified atom stereocenters. The Kier molecular flexibility index (Phi) is 4.52. The summed E-state index contributed by atoms with van der Waals surface area (Å²) in [4.78, 5) is 6.29. The summed E-state index contributed by atoms with van der Waals surface area (Å²) >= 11 is 0. The number of hydrogen-bond acceptors (Lipinski definition) is 3. The number of sulfonamides is 1.